The zero-order chi connectivity index (χ0) is 19.9. The SMILES string of the molecule is CC(C)(C)c1ccc(C=NNC(=O)CCC(=O)Nc2ccccc2F)cc1. The number of hydrogen-bond acceptors (Lipinski definition) is 3. The smallest absolute Gasteiger partial charge is 0.240 e. The van der Waals surface area contributed by atoms with Crippen LogP contribution in [0.2, 0.25) is 0 Å². The monoisotopic (exact) mass is 369 g/mol. The van der Waals surface area contributed by atoms with E-state index in [-0.39, 0.29) is 29.9 Å². The summed E-state index contributed by atoms with van der Waals surface area (Å²) in [6, 6.07) is 13.8. The van der Waals surface area contributed by atoms with Crippen molar-refractivity contribution < 1.29 is 14.0 Å². The standard InChI is InChI=1S/C21H24FN3O2/c1-21(2,3)16-10-8-15(9-11-16)14-23-25-20(27)13-12-19(26)24-18-7-5-4-6-17(18)22/h4-11,14H,12-13H2,1-3H3,(H,24,26)(H,25,27). The van der Waals surface area contributed by atoms with Crippen LogP contribution in [-0.4, -0.2) is 18.0 Å². The van der Waals surface area contributed by atoms with Crippen molar-refractivity contribution in [2.24, 2.45) is 5.10 Å². The third kappa shape index (κ3) is 6.66. The van der Waals surface area contributed by atoms with Crippen LogP contribution in [0.1, 0.15) is 44.7 Å². The van der Waals surface area contributed by atoms with E-state index in [4.69, 9.17) is 0 Å². The molecule has 0 fully saturated rings. The maximum Gasteiger partial charge on any atom is 0.240 e. The van der Waals surface area contributed by atoms with Crippen LogP contribution in [-0.2, 0) is 15.0 Å². The van der Waals surface area contributed by atoms with Crippen molar-refractivity contribution in [1.82, 2.24) is 5.43 Å². The van der Waals surface area contributed by atoms with E-state index in [1.54, 1.807) is 12.3 Å². The molecular formula is C21H24FN3O2. The van der Waals surface area contributed by atoms with Crippen LogP contribution in [0.4, 0.5) is 10.1 Å². The molecule has 0 heterocycles. The number of carbonyl (C=O) groups excluding carboxylic acids is 2. The van der Waals surface area contributed by atoms with E-state index in [9.17, 15) is 14.0 Å². The number of carbonyl (C=O) groups is 2. The number of hydrazone groups is 1. The number of nitrogens with zero attached hydrogens (tertiary/aromatic N) is 1. The molecule has 0 radical (unpaired) electrons. The number of anilines is 1. The molecule has 142 valence electrons. The van der Waals surface area contributed by atoms with Crippen LogP contribution in [0.25, 0.3) is 0 Å². The Morgan fingerprint density at radius 2 is 1.63 bits per heavy atom. The number of halogens is 1. The second-order valence-corrected chi connectivity index (χ2v) is 7.19. The lowest BCUT2D eigenvalue weighted by Gasteiger charge is -2.18. The molecule has 0 aromatic heterocycles. The minimum atomic E-state index is -0.516. The van der Waals surface area contributed by atoms with E-state index in [1.807, 2.05) is 24.3 Å². The lowest BCUT2D eigenvalue weighted by molar-refractivity contribution is -0.124. The highest BCUT2D eigenvalue weighted by atomic mass is 19.1. The van der Waals surface area contributed by atoms with Crippen molar-refractivity contribution in [3.8, 4) is 0 Å². The summed E-state index contributed by atoms with van der Waals surface area (Å²) < 4.78 is 13.5. The lowest BCUT2D eigenvalue weighted by atomic mass is 9.87. The number of amides is 2. The van der Waals surface area contributed by atoms with Gasteiger partial charge >= 0.3 is 0 Å². The molecule has 2 amide bonds. The fraction of sp³-hybridized carbons (Fsp3) is 0.286. The van der Waals surface area contributed by atoms with Crippen molar-refractivity contribution in [2.75, 3.05) is 5.32 Å². The first-order valence-electron chi connectivity index (χ1n) is 8.72. The Hall–Kier alpha value is -3.02. The van der Waals surface area contributed by atoms with E-state index in [1.165, 1.54) is 23.8 Å². The molecule has 0 unspecified atom stereocenters. The molecule has 0 bridgehead atoms. The van der Waals surface area contributed by atoms with Crippen LogP contribution in [0.3, 0.4) is 0 Å². The van der Waals surface area contributed by atoms with Gasteiger partial charge in [0.1, 0.15) is 5.82 Å². The first-order valence-corrected chi connectivity index (χ1v) is 8.72. The summed E-state index contributed by atoms with van der Waals surface area (Å²) in [5, 5.41) is 6.33. The molecule has 2 aromatic rings. The predicted molar refractivity (Wildman–Crippen MR) is 105 cm³/mol. The molecule has 2 rings (SSSR count). The molecule has 0 spiro atoms. The molecule has 2 N–H and O–H groups in total. The fourth-order valence-electron chi connectivity index (χ4n) is 2.31. The first kappa shape index (κ1) is 20.3. The number of para-hydroxylation sites is 1. The first-order chi connectivity index (χ1) is 12.8. The highest BCUT2D eigenvalue weighted by Gasteiger charge is 2.12. The number of benzene rings is 2. The van der Waals surface area contributed by atoms with Crippen LogP contribution < -0.4 is 10.7 Å². The average Bonchev–Trinajstić information content (AvgIpc) is 2.62. The molecule has 2 aromatic carbocycles. The Labute approximate surface area is 158 Å². The Kier molecular flexibility index (Phi) is 6.82. The molecule has 0 aliphatic rings. The molecule has 0 saturated carbocycles. The van der Waals surface area contributed by atoms with Crippen LogP contribution >= 0.6 is 0 Å². The highest BCUT2D eigenvalue weighted by Crippen LogP contribution is 2.21. The van der Waals surface area contributed by atoms with E-state index in [0.717, 1.165) is 5.56 Å². The minimum absolute atomic E-state index is 0.0411. The Bertz CT molecular complexity index is 824. The summed E-state index contributed by atoms with van der Waals surface area (Å²) in [4.78, 5) is 23.5. The lowest BCUT2D eigenvalue weighted by Crippen LogP contribution is -2.21. The Balaban J connectivity index is 1.76. The van der Waals surface area contributed by atoms with Crippen molar-refractivity contribution in [2.45, 2.75) is 39.0 Å². The predicted octanol–water partition coefficient (Wildman–Crippen LogP) is 3.99. The van der Waals surface area contributed by atoms with Gasteiger partial charge in [-0.15, -0.1) is 0 Å². The third-order valence-corrected chi connectivity index (χ3v) is 3.91. The van der Waals surface area contributed by atoms with Gasteiger partial charge in [-0.3, -0.25) is 9.59 Å². The van der Waals surface area contributed by atoms with Gasteiger partial charge in [0.2, 0.25) is 11.8 Å². The van der Waals surface area contributed by atoms with Gasteiger partial charge in [0, 0.05) is 12.8 Å². The normalized spacial score (nSPS) is 11.4. The summed E-state index contributed by atoms with van der Waals surface area (Å²) >= 11 is 0. The topological polar surface area (TPSA) is 70.6 Å². The summed E-state index contributed by atoms with van der Waals surface area (Å²) in [5.41, 5.74) is 4.63. The maximum atomic E-state index is 13.5. The second kappa shape index (κ2) is 9.07. The summed E-state index contributed by atoms with van der Waals surface area (Å²) in [7, 11) is 0. The van der Waals surface area contributed by atoms with Crippen molar-refractivity contribution in [3.63, 3.8) is 0 Å². The quantitative estimate of drug-likeness (QED) is 0.597. The number of nitrogens with one attached hydrogen (secondary N) is 2. The minimum Gasteiger partial charge on any atom is -0.324 e. The molecule has 0 aliphatic carbocycles. The van der Waals surface area contributed by atoms with Crippen molar-refractivity contribution >= 4 is 23.7 Å². The highest BCUT2D eigenvalue weighted by molar-refractivity contribution is 5.93. The van der Waals surface area contributed by atoms with Gasteiger partial charge in [0.25, 0.3) is 0 Å². The Morgan fingerprint density at radius 3 is 2.26 bits per heavy atom. The van der Waals surface area contributed by atoms with Gasteiger partial charge in [-0.05, 0) is 28.7 Å². The fourth-order valence-corrected chi connectivity index (χ4v) is 2.31. The maximum absolute atomic E-state index is 13.5. The van der Waals surface area contributed by atoms with Gasteiger partial charge in [0.15, 0.2) is 0 Å². The summed E-state index contributed by atoms with van der Waals surface area (Å²) in [5.74, 6) is -1.34. The van der Waals surface area contributed by atoms with Crippen LogP contribution in [0.5, 0.6) is 0 Å². The molecule has 27 heavy (non-hydrogen) atoms. The summed E-state index contributed by atoms with van der Waals surface area (Å²) in [6.45, 7) is 6.41. The van der Waals surface area contributed by atoms with E-state index < -0.39 is 11.7 Å². The van der Waals surface area contributed by atoms with Gasteiger partial charge in [-0.2, -0.15) is 5.10 Å². The molecular weight excluding hydrogens is 345 g/mol. The van der Waals surface area contributed by atoms with Crippen molar-refractivity contribution in [3.05, 3.63) is 65.5 Å². The van der Waals surface area contributed by atoms with Crippen LogP contribution in [0.15, 0.2) is 53.6 Å². The molecule has 6 heteroatoms. The van der Waals surface area contributed by atoms with Gasteiger partial charge in [-0.25, -0.2) is 9.82 Å². The number of rotatable bonds is 6. The van der Waals surface area contributed by atoms with Crippen LogP contribution in [0, 0.1) is 5.82 Å². The van der Waals surface area contributed by atoms with Crippen molar-refractivity contribution in [1.29, 1.82) is 0 Å². The third-order valence-electron chi connectivity index (χ3n) is 3.91. The average molecular weight is 369 g/mol. The summed E-state index contributed by atoms with van der Waals surface area (Å²) in [6.07, 6.45) is 1.44. The Morgan fingerprint density at radius 1 is 1.00 bits per heavy atom. The molecule has 0 atom stereocenters. The number of hydrogen-bond donors (Lipinski definition) is 2. The van der Waals surface area contributed by atoms with Gasteiger partial charge in [-0.1, -0.05) is 57.2 Å². The largest absolute Gasteiger partial charge is 0.324 e. The van der Waals surface area contributed by atoms with E-state index in [0.29, 0.717) is 0 Å². The van der Waals surface area contributed by atoms with E-state index >= 15 is 0 Å². The zero-order valence-corrected chi connectivity index (χ0v) is 15.8. The zero-order valence-electron chi connectivity index (χ0n) is 15.8. The van der Waals surface area contributed by atoms with E-state index in [2.05, 4.69) is 36.6 Å². The second-order valence-electron chi connectivity index (χ2n) is 7.19. The molecule has 5 nitrogen and oxygen atoms in total. The molecule has 0 saturated heterocycles. The van der Waals surface area contributed by atoms with Gasteiger partial charge < -0.3 is 5.32 Å². The molecule has 0 aliphatic heterocycles. The van der Waals surface area contributed by atoms with Gasteiger partial charge in [0.05, 0.1) is 11.9 Å².